The average molecular weight is 326 g/mol. The van der Waals surface area contributed by atoms with Gasteiger partial charge in [-0.25, -0.2) is 13.2 Å². The molecule has 0 aromatic heterocycles. The molecule has 1 aliphatic heterocycles. The summed E-state index contributed by atoms with van der Waals surface area (Å²) >= 11 is 0. The lowest BCUT2D eigenvalue weighted by atomic mass is 10.1. The van der Waals surface area contributed by atoms with Gasteiger partial charge < -0.3 is 10.1 Å². The Kier molecular flexibility index (Phi) is 5.20. The maximum absolute atomic E-state index is 12.6. The molecule has 2 rings (SSSR count). The van der Waals surface area contributed by atoms with E-state index in [1.54, 1.807) is 28.6 Å². The summed E-state index contributed by atoms with van der Waals surface area (Å²) in [6.45, 7) is 4.99. The molecule has 1 aliphatic rings. The van der Waals surface area contributed by atoms with Crippen molar-refractivity contribution in [3.63, 3.8) is 0 Å². The van der Waals surface area contributed by atoms with E-state index in [1.165, 1.54) is 7.11 Å². The van der Waals surface area contributed by atoms with Gasteiger partial charge in [-0.15, -0.1) is 0 Å². The zero-order chi connectivity index (χ0) is 16.3. The highest BCUT2D eigenvalue weighted by Crippen LogP contribution is 2.19. The molecule has 1 aromatic rings. The lowest BCUT2D eigenvalue weighted by Gasteiger charge is -2.37. The van der Waals surface area contributed by atoms with Crippen molar-refractivity contribution in [3.8, 4) is 0 Å². The Labute approximate surface area is 131 Å². The molecule has 0 bridgehead atoms. The van der Waals surface area contributed by atoms with E-state index in [2.05, 4.69) is 10.1 Å². The minimum atomic E-state index is -3.43. The molecule has 0 spiro atoms. The van der Waals surface area contributed by atoms with Crippen LogP contribution in [0.1, 0.15) is 29.8 Å². The Hall–Kier alpha value is -1.44. The second-order valence-electron chi connectivity index (χ2n) is 5.54. The van der Waals surface area contributed by atoms with E-state index < -0.39 is 16.0 Å². The summed E-state index contributed by atoms with van der Waals surface area (Å²) in [6, 6.07) is 6.57. The van der Waals surface area contributed by atoms with Gasteiger partial charge >= 0.3 is 5.97 Å². The highest BCUT2D eigenvalue weighted by molar-refractivity contribution is 7.88. The van der Waals surface area contributed by atoms with Crippen LogP contribution in [0.25, 0.3) is 0 Å². The molecule has 1 heterocycles. The predicted molar refractivity (Wildman–Crippen MR) is 84.0 cm³/mol. The summed E-state index contributed by atoms with van der Waals surface area (Å²) in [5.74, 6) is -0.585. The SMILES string of the molecule is COC(=O)c1cccc(CS(=O)(=O)N2CCNC(C)C2C)c1. The third-order valence-electron chi connectivity index (χ3n) is 4.03. The third-order valence-corrected chi connectivity index (χ3v) is 5.96. The number of hydrogen-bond donors (Lipinski definition) is 1. The number of piperazine rings is 1. The molecule has 6 nitrogen and oxygen atoms in total. The van der Waals surface area contributed by atoms with Crippen molar-refractivity contribution in [1.82, 2.24) is 9.62 Å². The lowest BCUT2D eigenvalue weighted by molar-refractivity contribution is 0.0600. The highest BCUT2D eigenvalue weighted by atomic mass is 32.2. The van der Waals surface area contributed by atoms with Crippen LogP contribution >= 0.6 is 0 Å². The van der Waals surface area contributed by atoms with E-state index >= 15 is 0 Å². The molecule has 1 fully saturated rings. The number of esters is 1. The summed E-state index contributed by atoms with van der Waals surface area (Å²) in [5.41, 5.74) is 0.943. The first-order valence-electron chi connectivity index (χ1n) is 7.25. The number of methoxy groups -OCH3 is 1. The van der Waals surface area contributed by atoms with Gasteiger partial charge in [-0.2, -0.15) is 4.31 Å². The number of hydrogen-bond acceptors (Lipinski definition) is 5. The molecule has 122 valence electrons. The number of benzene rings is 1. The van der Waals surface area contributed by atoms with Gasteiger partial charge in [0.25, 0.3) is 0 Å². The molecule has 7 heteroatoms. The molecule has 1 aromatic carbocycles. The molecule has 0 amide bonds. The largest absolute Gasteiger partial charge is 0.465 e. The van der Waals surface area contributed by atoms with Crippen LogP contribution in [0, 0.1) is 0 Å². The molecular formula is C15H22N2O4S. The maximum Gasteiger partial charge on any atom is 0.337 e. The van der Waals surface area contributed by atoms with Gasteiger partial charge in [0.05, 0.1) is 18.4 Å². The summed E-state index contributed by atoms with van der Waals surface area (Å²) in [6.07, 6.45) is 0. The van der Waals surface area contributed by atoms with Crippen LogP contribution in [-0.4, -0.2) is 51.0 Å². The number of sulfonamides is 1. The predicted octanol–water partition coefficient (Wildman–Crippen LogP) is 0.985. The summed E-state index contributed by atoms with van der Waals surface area (Å²) in [7, 11) is -2.13. The monoisotopic (exact) mass is 326 g/mol. The second-order valence-corrected chi connectivity index (χ2v) is 7.46. The number of nitrogens with one attached hydrogen (secondary N) is 1. The van der Waals surface area contributed by atoms with E-state index in [9.17, 15) is 13.2 Å². The van der Waals surface area contributed by atoms with Crippen molar-refractivity contribution in [3.05, 3.63) is 35.4 Å². The van der Waals surface area contributed by atoms with Crippen molar-refractivity contribution < 1.29 is 17.9 Å². The standard InChI is InChI=1S/C15H22N2O4S/c1-11-12(2)17(8-7-16-11)22(19,20)10-13-5-4-6-14(9-13)15(18)21-3/h4-6,9,11-12,16H,7-8,10H2,1-3H3. The van der Waals surface area contributed by atoms with E-state index in [-0.39, 0.29) is 17.8 Å². The van der Waals surface area contributed by atoms with E-state index in [0.29, 0.717) is 24.2 Å². The fourth-order valence-corrected chi connectivity index (χ4v) is 4.44. The van der Waals surface area contributed by atoms with E-state index in [1.807, 2.05) is 13.8 Å². The first-order chi connectivity index (χ1) is 10.3. The minimum absolute atomic E-state index is 0.0949. The van der Waals surface area contributed by atoms with E-state index in [0.717, 1.165) is 0 Å². The number of nitrogens with zero attached hydrogens (tertiary/aromatic N) is 1. The lowest BCUT2D eigenvalue weighted by Crippen LogP contribution is -2.57. The molecule has 22 heavy (non-hydrogen) atoms. The Balaban J connectivity index is 2.20. The topological polar surface area (TPSA) is 75.7 Å². The Morgan fingerprint density at radius 1 is 1.41 bits per heavy atom. The molecule has 2 unspecified atom stereocenters. The molecule has 2 atom stereocenters. The van der Waals surface area contributed by atoms with Gasteiger partial charge in [0.2, 0.25) is 10.0 Å². The second kappa shape index (κ2) is 6.76. The maximum atomic E-state index is 12.6. The van der Waals surface area contributed by atoms with Crippen molar-refractivity contribution in [2.24, 2.45) is 0 Å². The third kappa shape index (κ3) is 3.66. The van der Waals surface area contributed by atoms with Crippen LogP contribution in [0.3, 0.4) is 0 Å². The Bertz CT molecular complexity index is 645. The van der Waals surface area contributed by atoms with Crippen LogP contribution in [0.15, 0.2) is 24.3 Å². The molecule has 0 saturated carbocycles. The fraction of sp³-hybridized carbons (Fsp3) is 0.533. The number of carbonyl (C=O) groups is 1. The van der Waals surface area contributed by atoms with Crippen molar-refractivity contribution >= 4 is 16.0 Å². The summed E-state index contributed by atoms with van der Waals surface area (Å²) < 4.78 is 31.5. The number of carbonyl (C=O) groups excluding carboxylic acids is 1. The van der Waals surface area contributed by atoms with E-state index in [4.69, 9.17) is 0 Å². The first-order valence-corrected chi connectivity index (χ1v) is 8.86. The van der Waals surface area contributed by atoms with Gasteiger partial charge in [0.15, 0.2) is 0 Å². The Morgan fingerprint density at radius 3 is 2.82 bits per heavy atom. The van der Waals surface area contributed by atoms with Gasteiger partial charge in [0, 0.05) is 25.2 Å². The van der Waals surface area contributed by atoms with Gasteiger partial charge in [-0.3, -0.25) is 0 Å². The molecule has 1 N–H and O–H groups in total. The fourth-order valence-electron chi connectivity index (χ4n) is 2.62. The minimum Gasteiger partial charge on any atom is -0.465 e. The first kappa shape index (κ1) is 16.9. The zero-order valence-electron chi connectivity index (χ0n) is 13.1. The molecule has 1 saturated heterocycles. The van der Waals surface area contributed by atoms with Gasteiger partial charge in [-0.1, -0.05) is 12.1 Å². The van der Waals surface area contributed by atoms with Crippen LogP contribution in [0.4, 0.5) is 0 Å². The van der Waals surface area contributed by atoms with Crippen LogP contribution in [0.2, 0.25) is 0 Å². The van der Waals surface area contributed by atoms with Crippen molar-refractivity contribution in [2.45, 2.75) is 31.7 Å². The van der Waals surface area contributed by atoms with Crippen LogP contribution < -0.4 is 5.32 Å². The molecule has 0 aliphatic carbocycles. The highest BCUT2D eigenvalue weighted by Gasteiger charge is 2.33. The van der Waals surface area contributed by atoms with Gasteiger partial charge in [-0.05, 0) is 31.5 Å². The molecule has 0 radical (unpaired) electrons. The zero-order valence-corrected chi connectivity index (χ0v) is 13.9. The van der Waals surface area contributed by atoms with Crippen molar-refractivity contribution in [1.29, 1.82) is 0 Å². The number of ether oxygens (including phenoxy) is 1. The van der Waals surface area contributed by atoms with Gasteiger partial charge in [0.1, 0.15) is 0 Å². The Morgan fingerprint density at radius 2 is 2.14 bits per heavy atom. The van der Waals surface area contributed by atoms with Crippen LogP contribution in [-0.2, 0) is 20.5 Å². The molecular weight excluding hydrogens is 304 g/mol. The summed E-state index contributed by atoms with van der Waals surface area (Å²) in [4.78, 5) is 11.5. The smallest absolute Gasteiger partial charge is 0.337 e. The normalized spacial score (nSPS) is 23.2. The van der Waals surface area contributed by atoms with Crippen molar-refractivity contribution in [2.75, 3.05) is 20.2 Å². The van der Waals surface area contributed by atoms with Crippen LogP contribution in [0.5, 0.6) is 0 Å². The quantitative estimate of drug-likeness (QED) is 0.835. The number of rotatable bonds is 4. The average Bonchev–Trinajstić information content (AvgIpc) is 2.48. The summed E-state index contributed by atoms with van der Waals surface area (Å²) in [5, 5.41) is 3.26.